The molecule has 0 aliphatic heterocycles. The predicted molar refractivity (Wildman–Crippen MR) is 50.1 cm³/mol. The van der Waals surface area contributed by atoms with Crippen molar-refractivity contribution in [1.82, 2.24) is 20.2 Å². The molecule has 0 spiro atoms. The predicted octanol–water partition coefficient (Wildman–Crippen LogP) is 0.0293. The molecule has 0 aliphatic carbocycles. The molecule has 0 aliphatic rings. The normalized spacial score (nSPS) is 11.7. The van der Waals surface area contributed by atoms with Gasteiger partial charge in [0.25, 0.3) is 0 Å². The zero-order valence-corrected chi connectivity index (χ0v) is 8.97. The Balaban J connectivity index is 2.94. The highest BCUT2D eigenvalue weighted by Gasteiger charge is 2.33. The molecule has 0 aromatic carbocycles. The lowest BCUT2D eigenvalue weighted by molar-refractivity contribution is -0.146. The molecule has 1 N–H and O–H groups in total. The molecule has 0 atom stereocenters. The maximum atomic E-state index is 11.0. The molecule has 1 aromatic rings. The second-order valence-corrected chi connectivity index (χ2v) is 3.51. The summed E-state index contributed by atoms with van der Waals surface area (Å²) in [6.07, 6.45) is 0. The summed E-state index contributed by atoms with van der Waals surface area (Å²) in [6, 6.07) is 0. The van der Waals surface area contributed by atoms with E-state index in [0.29, 0.717) is 12.4 Å². The zero-order valence-electron chi connectivity index (χ0n) is 8.97. The molecule has 84 valence electrons. The van der Waals surface area contributed by atoms with Crippen LogP contribution in [0.5, 0.6) is 0 Å². The summed E-state index contributed by atoms with van der Waals surface area (Å²) >= 11 is 0. The Hall–Kier alpha value is -1.50. The van der Waals surface area contributed by atoms with Crippen LogP contribution in [0.1, 0.15) is 26.6 Å². The molecule has 7 heteroatoms. The second-order valence-electron chi connectivity index (χ2n) is 3.51. The van der Waals surface area contributed by atoms with Crippen LogP contribution in [0, 0.1) is 0 Å². The van der Waals surface area contributed by atoms with E-state index in [-0.39, 0.29) is 6.61 Å². The van der Waals surface area contributed by atoms with E-state index in [1.54, 1.807) is 0 Å². The van der Waals surface area contributed by atoms with Crippen LogP contribution in [0.25, 0.3) is 0 Å². The summed E-state index contributed by atoms with van der Waals surface area (Å²) in [5.41, 5.74) is -1.17. The van der Waals surface area contributed by atoms with Crippen molar-refractivity contribution in [3.63, 3.8) is 0 Å². The number of carboxylic acids is 1. The van der Waals surface area contributed by atoms with Gasteiger partial charge < -0.3 is 9.84 Å². The van der Waals surface area contributed by atoms with Crippen LogP contribution in [-0.4, -0.2) is 37.9 Å². The molecular weight excluding hydrogens is 200 g/mol. The Morgan fingerprint density at radius 2 is 2.27 bits per heavy atom. The maximum Gasteiger partial charge on any atom is 0.331 e. The van der Waals surface area contributed by atoms with Gasteiger partial charge in [0.15, 0.2) is 11.4 Å². The van der Waals surface area contributed by atoms with Gasteiger partial charge in [-0.05, 0) is 31.2 Å². The van der Waals surface area contributed by atoms with Crippen molar-refractivity contribution < 1.29 is 14.6 Å². The van der Waals surface area contributed by atoms with Crippen LogP contribution < -0.4 is 0 Å². The van der Waals surface area contributed by atoms with Crippen molar-refractivity contribution in [1.29, 1.82) is 0 Å². The van der Waals surface area contributed by atoms with Crippen LogP contribution in [0.2, 0.25) is 0 Å². The van der Waals surface area contributed by atoms with Crippen LogP contribution in [0.3, 0.4) is 0 Å². The quantitative estimate of drug-likeness (QED) is 0.743. The average molecular weight is 214 g/mol. The summed E-state index contributed by atoms with van der Waals surface area (Å²) in [6.45, 7) is 5.64. The lowest BCUT2D eigenvalue weighted by Gasteiger charge is -2.20. The van der Waals surface area contributed by atoms with E-state index < -0.39 is 11.5 Å². The molecular formula is C8H14N4O3. The van der Waals surface area contributed by atoms with Crippen LogP contribution in [-0.2, 0) is 21.7 Å². The number of nitrogens with zero attached hydrogens (tertiary/aromatic N) is 4. The van der Waals surface area contributed by atoms with Gasteiger partial charge in [-0.2, -0.15) is 0 Å². The molecule has 0 radical (unpaired) electrons. The molecule has 0 bridgehead atoms. The second kappa shape index (κ2) is 4.35. The molecule has 0 fully saturated rings. The number of tetrazole rings is 1. The van der Waals surface area contributed by atoms with E-state index in [1.807, 2.05) is 6.92 Å². The number of ether oxygens (including phenoxy) is 1. The van der Waals surface area contributed by atoms with Gasteiger partial charge in [-0.3, -0.25) is 0 Å². The third-order valence-corrected chi connectivity index (χ3v) is 2.02. The Bertz CT molecular complexity index is 347. The monoisotopic (exact) mass is 214 g/mol. The number of hydrogen-bond donors (Lipinski definition) is 1. The van der Waals surface area contributed by atoms with Gasteiger partial charge in [0.1, 0.15) is 6.61 Å². The smallest absolute Gasteiger partial charge is 0.331 e. The van der Waals surface area contributed by atoms with Crippen LogP contribution in [0.15, 0.2) is 0 Å². The summed E-state index contributed by atoms with van der Waals surface area (Å²) < 4.78 is 6.39. The Kier molecular flexibility index (Phi) is 3.35. The SMILES string of the molecule is CCOCc1nnnn1C(C)(C)C(=O)O. The van der Waals surface area contributed by atoms with Crippen LogP contribution >= 0.6 is 0 Å². The number of aliphatic carboxylic acids is 1. The molecule has 1 rings (SSSR count). The maximum absolute atomic E-state index is 11.0. The first-order valence-corrected chi connectivity index (χ1v) is 4.59. The van der Waals surface area contributed by atoms with Crippen molar-refractivity contribution in [2.75, 3.05) is 6.61 Å². The van der Waals surface area contributed by atoms with E-state index >= 15 is 0 Å². The van der Waals surface area contributed by atoms with E-state index in [4.69, 9.17) is 9.84 Å². The minimum atomic E-state index is -1.17. The first-order chi connectivity index (χ1) is 7.00. The molecule has 0 saturated carbocycles. The third-order valence-electron chi connectivity index (χ3n) is 2.02. The number of carbonyl (C=O) groups is 1. The van der Waals surface area contributed by atoms with Gasteiger partial charge in [0, 0.05) is 6.61 Å². The van der Waals surface area contributed by atoms with Crippen molar-refractivity contribution in [2.45, 2.75) is 32.9 Å². The van der Waals surface area contributed by atoms with Gasteiger partial charge in [-0.25, -0.2) is 9.48 Å². The number of carboxylic acid groups (broad SMARTS) is 1. The molecule has 0 saturated heterocycles. The van der Waals surface area contributed by atoms with Gasteiger partial charge >= 0.3 is 5.97 Å². The van der Waals surface area contributed by atoms with Crippen molar-refractivity contribution in [3.05, 3.63) is 5.82 Å². The Labute approximate surface area is 87.0 Å². The zero-order chi connectivity index (χ0) is 11.5. The third kappa shape index (κ3) is 2.30. The molecule has 1 aromatic heterocycles. The van der Waals surface area contributed by atoms with Crippen LogP contribution in [0.4, 0.5) is 0 Å². The van der Waals surface area contributed by atoms with Crippen molar-refractivity contribution in [3.8, 4) is 0 Å². The number of aromatic nitrogens is 4. The van der Waals surface area contributed by atoms with Crippen molar-refractivity contribution >= 4 is 5.97 Å². The summed E-state index contributed by atoms with van der Waals surface area (Å²) in [7, 11) is 0. The number of hydrogen-bond acceptors (Lipinski definition) is 5. The Morgan fingerprint density at radius 3 is 2.80 bits per heavy atom. The highest BCUT2D eigenvalue weighted by Crippen LogP contribution is 2.15. The molecule has 0 amide bonds. The largest absolute Gasteiger partial charge is 0.479 e. The topological polar surface area (TPSA) is 90.1 Å². The lowest BCUT2D eigenvalue weighted by atomic mass is 10.1. The lowest BCUT2D eigenvalue weighted by Crippen LogP contribution is -2.38. The summed E-state index contributed by atoms with van der Waals surface area (Å²) in [5, 5.41) is 19.8. The highest BCUT2D eigenvalue weighted by molar-refractivity contribution is 5.75. The minimum Gasteiger partial charge on any atom is -0.479 e. The van der Waals surface area contributed by atoms with Gasteiger partial charge in [0.05, 0.1) is 0 Å². The fourth-order valence-electron chi connectivity index (χ4n) is 1.01. The van der Waals surface area contributed by atoms with E-state index in [0.717, 1.165) is 0 Å². The fourth-order valence-corrected chi connectivity index (χ4v) is 1.01. The number of rotatable bonds is 5. The molecule has 1 heterocycles. The summed E-state index contributed by atoms with van der Waals surface area (Å²) in [4.78, 5) is 11.0. The highest BCUT2D eigenvalue weighted by atomic mass is 16.5. The van der Waals surface area contributed by atoms with Gasteiger partial charge in [-0.15, -0.1) is 5.10 Å². The molecule has 0 unspecified atom stereocenters. The standard InChI is InChI=1S/C8H14N4O3/c1-4-15-5-6-9-10-11-12(6)8(2,3)7(13)14/h4-5H2,1-3H3,(H,13,14). The molecule has 7 nitrogen and oxygen atoms in total. The first kappa shape index (κ1) is 11.6. The Morgan fingerprint density at radius 1 is 1.60 bits per heavy atom. The fraction of sp³-hybridized carbons (Fsp3) is 0.750. The van der Waals surface area contributed by atoms with E-state index in [1.165, 1.54) is 18.5 Å². The first-order valence-electron chi connectivity index (χ1n) is 4.59. The van der Waals surface area contributed by atoms with Gasteiger partial charge in [-0.1, -0.05) is 0 Å². The molecule has 15 heavy (non-hydrogen) atoms. The average Bonchev–Trinajstić information content (AvgIpc) is 2.62. The summed E-state index contributed by atoms with van der Waals surface area (Å²) in [5.74, 6) is -0.586. The van der Waals surface area contributed by atoms with Gasteiger partial charge in [0.2, 0.25) is 0 Å². The van der Waals surface area contributed by atoms with E-state index in [9.17, 15) is 4.79 Å². The minimum absolute atomic E-state index is 0.209. The van der Waals surface area contributed by atoms with Crippen molar-refractivity contribution in [2.24, 2.45) is 0 Å². The van der Waals surface area contributed by atoms with E-state index in [2.05, 4.69) is 15.5 Å².